The first-order valence-corrected chi connectivity index (χ1v) is 13.7. The Balaban J connectivity index is 1.34. The maximum atomic E-state index is 6.77. The van der Waals surface area contributed by atoms with Gasteiger partial charge in [-0.05, 0) is 66.3 Å². The Bertz CT molecular complexity index is 1600. The summed E-state index contributed by atoms with van der Waals surface area (Å²) in [6.45, 7) is 2.18. The van der Waals surface area contributed by atoms with Gasteiger partial charge in [-0.25, -0.2) is 4.57 Å². The Kier molecular flexibility index (Phi) is 5.23. The van der Waals surface area contributed by atoms with E-state index in [0.717, 1.165) is 23.0 Å². The molecule has 0 aliphatic heterocycles. The lowest BCUT2D eigenvalue weighted by atomic mass is 9.76. The number of benzene rings is 3. The Labute approximate surface area is 213 Å². The fourth-order valence-electron chi connectivity index (χ4n) is 7.07. The van der Waals surface area contributed by atoms with Gasteiger partial charge in [0.15, 0.2) is 6.20 Å². The van der Waals surface area contributed by atoms with Crippen LogP contribution in [0.5, 0.6) is 0 Å². The molecule has 36 heavy (non-hydrogen) atoms. The number of furan rings is 1. The smallest absolute Gasteiger partial charge is 0.216 e. The van der Waals surface area contributed by atoms with Gasteiger partial charge in [0.05, 0.1) is 5.56 Å². The Morgan fingerprint density at radius 2 is 1.64 bits per heavy atom. The Morgan fingerprint density at radius 1 is 0.778 bits per heavy atom. The van der Waals surface area contributed by atoms with Crippen LogP contribution in [0.3, 0.4) is 0 Å². The Hall–Kier alpha value is -3.39. The van der Waals surface area contributed by atoms with E-state index in [1.807, 2.05) is 0 Å². The van der Waals surface area contributed by atoms with Gasteiger partial charge in [0.25, 0.3) is 0 Å². The van der Waals surface area contributed by atoms with Crippen molar-refractivity contribution in [2.45, 2.75) is 51.9 Å². The minimum atomic E-state index is 0.894. The molecule has 1 fully saturated rings. The number of aryl methyl sites for hydroxylation is 3. The minimum absolute atomic E-state index is 0.894. The predicted octanol–water partition coefficient (Wildman–Crippen LogP) is 8.35. The van der Waals surface area contributed by atoms with Crippen LogP contribution in [0.25, 0.3) is 44.3 Å². The molecule has 0 radical (unpaired) electrons. The van der Waals surface area contributed by atoms with Crippen molar-refractivity contribution in [2.24, 2.45) is 18.9 Å². The number of para-hydroxylation sites is 1. The van der Waals surface area contributed by atoms with Crippen LogP contribution in [0.2, 0.25) is 0 Å². The maximum Gasteiger partial charge on any atom is 0.216 e. The number of hydrogen-bond donors (Lipinski definition) is 0. The second-order valence-electron chi connectivity index (χ2n) is 11.1. The van der Waals surface area contributed by atoms with Crippen molar-refractivity contribution in [1.29, 1.82) is 0 Å². The third-order valence-corrected chi connectivity index (χ3v) is 9.04. The topological polar surface area (TPSA) is 17.0 Å². The van der Waals surface area contributed by atoms with Crippen LogP contribution in [0.4, 0.5) is 0 Å². The van der Waals surface area contributed by atoms with Crippen LogP contribution < -0.4 is 4.57 Å². The summed E-state index contributed by atoms with van der Waals surface area (Å²) < 4.78 is 8.95. The largest absolute Gasteiger partial charge is 0.454 e. The number of nitrogens with zero attached hydrogens (tertiary/aromatic N) is 1. The molecule has 0 spiro atoms. The summed E-state index contributed by atoms with van der Waals surface area (Å²) in [5.74, 6) is 1.86. The highest BCUT2D eigenvalue weighted by atomic mass is 16.3. The normalized spacial score (nSPS) is 18.2. The second kappa shape index (κ2) is 8.62. The molecule has 2 aliphatic carbocycles. The van der Waals surface area contributed by atoms with Crippen LogP contribution in [0.1, 0.15) is 48.8 Å². The third-order valence-electron chi connectivity index (χ3n) is 9.04. The molecule has 1 saturated carbocycles. The van der Waals surface area contributed by atoms with Gasteiger partial charge in [0, 0.05) is 28.5 Å². The average Bonchev–Trinajstić information content (AvgIpc) is 3.57. The highest BCUT2D eigenvalue weighted by Gasteiger charge is 2.29. The molecule has 5 aromatic rings. The Morgan fingerprint density at radius 3 is 2.50 bits per heavy atom. The van der Waals surface area contributed by atoms with Crippen molar-refractivity contribution < 1.29 is 8.98 Å². The van der Waals surface area contributed by atoms with Gasteiger partial charge >= 0.3 is 0 Å². The molecule has 0 bridgehead atoms. The molecule has 180 valence electrons. The zero-order chi connectivity index (χ0) is 24.2. The van der Waals surface area contributed by atoms with Crippen molar-refractivity contribution in [3.63, 3.8) is 0 Å². The van der Waals surface area contributed by atoms with Gasteiger partial charge in [0.1, 0.15) is 18.2 Å². The zero-order valence-corrected chi connectivity index (χ0v) is 21.4. The van der Waals surface area contributed by atoms with Gasteiger partial charge in [-0.2, -0.15) is 0 Å². The predicted molar refractivity (Wildman–Crippen MR) is 148 cm³/mol. The molecular formula is C34H34NO+. The maximum absolute atomic E-state index is 6.77. The molecule has 3 aromatic carbocycles. The third kappa shape index (κ3) is 3.50. The molecule has 2 nitrogen and oxygen atoms in total. The molecule has 1 unspecified atom stereocenters. The first-order valence-electron chi connectivity index (χ1n) is 13.7. The summed E-state index contributed by atoms with van der Waals surface area (Å²) in [5.41, 5.74) is 11.2. The molecule has 2 heteroatoms. The number of fused-ring (bicyclic) bond motifs is 4. The van der Waals surface area contributed by atoms with E-state index in [4.69, 9.17) is 4.42 Å². The van der Waals surface area contributed by atoms with Crippen LogP contribution in [0.15, 0.2) is 77.3 Å². The van der Waals surface area contributed by atoms with E-state index in [-0.39, 0.29) is 0 Å². The lowest BCUT2D eigenvalue weighted by Gasteiger charge is -2.29. The lowest BCUT2D eigenvalue weighted by molar-refractivity contribution is -0.660. The van der Waals surface area contributed by atoms with Gasteiger partial charge in [-0.1, -0.05) is 74.2 Å². The second-order valence-corrected chi connectivity index (χ2v) is 11.1. The number of pyridine rings is 1. The fourth-order valence-corrected chi connectivity index (χ4v) is 7.07. The molecule has 0 saturated heterocycles. The van der Waals surface area contributed by atoms with Crippen molar-refractivity contribution in [3.8, 4) is 22.4 Å². The van der Waals surface area contributed by atoms with Gasteiger partial charge in [0.2, 0.25) is 5.69 Å². The molecular weight excluding hydrogens is 438 g/mol. The molecule has 7 rings (SSSR count). The summed E-state index contributed by atoms with van der Waals surface area (Å²) in [6, 6.07) is 24.6. The van der Waals surface area contributed by atoms with Crippen LogP contribution >= 0.6 is 0 Å². The standard InChI is InChI=1S/C34H34NO/c1-22-13-18-30-29-11-7-10-28(33(29)36-34(30)32(22)31-12-5-6-19-35(31)2)27-17-16-25-20-24(14-15-26(25)21-27)23-8-3-4-9-23/h5-7,10-13,16-19,21,23-24H,3-4,8-9,14-15,20H2,1-2H3/q+1. The summed E-state index contributed by atoms with van der Waals surface area (Å²) >= 11 is 0. The van der Waals surface area contributed by atoms with Gasteiger partial charge in [-0.3, -0.25) is 0 Å². The van der Waals surface area contributed by atoms with E-state index in [1.54, 1.807) is 11.1 Å². The molecule has 0 N–H and O–H groups in total. The van der Waals surface area contributed by atoms with Gasteiger partial charge < -0.3 is 4.42 Å². The van der Waals surface area contributed by atoms with Crippen molar-refractivity contribution in [2.75, 3.05) is 0 Å². The summed E-state index contributed by atoms with van der Waals surface area (Å²) in [4.78, 5) is 0. The van der Waals surface area contributed by atoms with E-state index in [1.165, 1.54) is 83.7 Å². The van der Waals surface area contributed by atoms with Crippen molar-refractivity contribution in [1.82, 2.24) is 0 Å². The highest BCUT2D eigenvalue weighted by Crippen LogP contribution is 2.42. The van der Waals surface area contributed by atoms with Crippen LogP contribution in [-0.2, 0) is 19.9 Å². The first-order chi connectivity index (χ1) is 17.7. The van der Waals surface area contributed by atoms with Crippen molar-refractivity contribution in [3.05, 3.63) is 89.6 Å². The summed E-state index contributed by atoms with van der Waals surface area (Å²) in [7, 11) is 2.10. The van der Waals surface area contributed by atoms with E-state index >= 15 is 0 Å². The minimum Gasteiger partial charge on any atom is -0.454 e. The van der Waals surface area contributed by atoms with E-state index in [0.29, 0.717) is 0 Å². The first kappa shape index (κ1) is 21.9. The number of rotatable bonds is 3. The number of aromatic nitrogens is 1. The molecule has 2 aliphatic rings. The van der Waals surface area contributed by atoms with Crippen LogP contribution in [0, 0.1) is 18.8 Å². The van der Waals surface area contributed by atoms with E-state index in [2.05, 4.69) is 91.5 Å². The molecule has 2 aromatic heterocycles. The van der Waals surface area contributed by atoms with Crippen LogP contribution in [-0.4, -0.2) is 0 Å². The quantitative estimate of drug-likeness (QED) is 0.241. The average molecular weight is 473 g/mol. The SMILES string of the molecule is Cc1ccc2c(oc3c(-c4ccc5c(c4)CCC(C4CCCC4)C5)cccc32)c1-c1cccc[n+]1C. The summed E-state index contributed by atoms with van der Waals surface area (Å²) in [6.07, 6.45) is 11.7. The monoisotopic (exact) mass is 472 g/mol. The van der Waals surface area contributed by atoms with E-state index < -0.39 is 0 Å². The van der Waals surface area contributed by atoms with Crippen molar-refractivity contribution >= 4 is 21.9 Å². The van der Waals surface area contributed by atoms with Gasteiger partial charge in [-0.15, -0.1) is 0 Å². The summed E-state index contributed by atoms with van der Waals surface area (Å²) in [5, 5.41) is 2.38. The highest BCUT2D eigenvalue weighted by molar-refractivity contribution is 6.13. The lowest BCUT2D eigenvalue weighted by Crippen LogP contribution is -2.30. The molecule has 0 amide bonds. The molecule has 1 atom stereocenters. The van der Waals surface area contributed by atoms with E-state index in [9.17, 15) is 0 Å². The fraction of sp³-hybridized carbons (Fsp3) is 0.324. The molecule has 2 heterocycles. The zero-order valence-electron chi connectivity index (χ0n) is 21.4. The number of hydrogen-bond acceptors (Lipinski definition) is 1.